The number of ether oxygens (including phenoxy) is 1. The van der Waals surface area contributed by atoms with E-state index in [9.17, 15) is 38.7 Å². The lowest BCUT2D eigenvalue weighted by molar-refractivity contribution is -0.0527. The van der Waals surface area contributed by atoms with Crippen LogP contribution in [0.5, 0.6) is 0 Å². The number of nitrogens with one attached hydrogen (secondary N) is 1. The van der Waals surface area contributed by atoms with E-state index in [0.717, 1.165) is 16.8 Å². The molecule has 1 aromatic heterocycles. The Kier molecular flexibility index (Phi) is 10.8. The van der Waals surface area contributed by atoms with Crippen molar-refractivity contribution in [1.29, 1.82) is 0 Å². The number of hydrogen-bond donors (Lipinski definition) is 7. The second-order valence-electron chi connectivity index (χ2n) is 7.78. The van der Waals surface area contributed by atoms with Crippen LogP contribution in [0.25, 0.3) is 0 Å². The van der Waals surface area contributed by atoms with Gasteiger partial charge in [-0.25, -0.2) is 13.7 Å². The van der Waals surface area contributed by atoms with Gasteiger partial charge in [-0.05, 0) is 32.2 Å². The fourth-order valence-corrected chi connectivity index (χ4v) is 7.03. The molecule has 2 unspecified atom stereocenters. The highest BCUT2D eigenvalue weighted by Crippen LogP contribution is 2.65. The molecule has 17 heteroatoms. The predicted molar refractivity (Wildman–Crippen MR) is 117 cm³/mol. The van der Waals surface area contributed by atoms with Crippen LogP contribution in [0.2, 0.25) is 0 Å². The zero-order valence-electron chi connectivity index (χ0n) is 18.2. The summed E-state index contributed by atoms with van der Waals surface area (Å²) in [6.07, 6.45) is -3.65. The van der Waals surface area contributed by atoms with Gasteiger partial charge in [-0.2, -0.15) is 0 Å². The summed E-state index contributed by atoms with van der Waals surface area (Å²) in [5.74, 6) is 0. The maximum Gasteiger partial charge on any atom is 0.476 e. The lowest BCUT2D eigenvalue weighted by Gasteiger charge is -2.28. The van der Waals surface area contributed by atoms with Gasteiger partial charge in [-0.1, -0.05) is 6.42 Å². The molecule has 0 aromatic carbocycles. The highest BCUT2D eigenvalue weighted by molar-refractivity contribution is 7.64. The van der Waals surface area contributed by atoms with Crippen molar-refractivity contribution < 1.29 is 47.8 Å². The molecule has 1 saturated heterocycles. The van der Waals surface area contributed by atoms with Crippen LogP contribution in [-0.4, -0.2) is 78.4 Å². The van der Waals surface area contributed by atoms with Crippen LogP contribution in [0.4, 0.5) is 0 Å². The van der Waals surface area contributed by atoms with Gasteiger partial charge in [0.15, 0.2) is 6.23 Å². The predicted octanol–water partition coefficient (Wildman–Crippen LogP) is -1.26. The van der Waals surface area contributed by atoms with Crippen molar-refractivity contribution in [2.75, 3.05) is 19.8 Å². The van der Waals surface area contributed by atoms with Gasteiger partial charge in [-0.15, -0.1) is 0 Å². The SMILES string of the molecule is NCCCCC(CCCO)P(=O)(OC[C@H]1O[C@@H](n2ccc(=O)[nH]c2=O)[C@H](O)[C@@H]1O)OP(=O)(O)O. The van der Waals surface area contributed by atoms with Crippen molar-refractivity contribution in [3.05, 3.63) is 33.1 Å². The quantitative estimate of drug-likeness (QED) is 0.110. The Hall–Kier alpha value is -1.22. The minimum Gasteiger partial charge on any atom is -0.396 e. The summed E-state index contributed by atoms with van der Waals surface area (Å²) < 4.78 is 41.2. The summed E-state index contributed by atoms with van der Waals surface area (Å²) in [5.41, 5.74) is 2.87. The van der Waals surface area contributed by atoms with Crippen molar-refractivity contribution in [3.63, 3.8) is 0 Å². The van der Waals surface area contributed by atoms with E-state index in [-0.39, 0.29) is 25.9 Å². The first kappa shape index (κ1) is 29.0. The minimum atomic E-state index is -5.28. The van der Waals surface area contributed by atoms with Crippen molar-refractivity contribution in [2.45, 2.75) is 62.3 Å². The standard InChI is InChI=1S/C17H31N3O12P2/c18-7-2-1-4-11(5-3-9-21)33(26,32-34(27,28)29)30-10-12-14(23)15(24)16(31-12)20-8-6-13(22)19-17(20)25/h6,8,11-12,14-16,21,23-24H,1-5,7,9-10,18H2,(H,19,22,25)(H2,27,28,29)/t11?,12-,14-,15-,16-,33?/m1/s1. The normalized spacial score (nSPS) is 25.8. The number of aliphatic hydroxyl groups is 3. The van der Waals surface area contributed by atoms with E-state index < -0.39 is 63.5 Å². The van der Waals surface area contributed by atoms with E-state index in [1.165, 1.54) is 0 Å². The van der Waals surface area contributed by atoms with Crippen LogP contribution >= 0.6 is 15.4 Å². The third-order valence-electron chi connectivity index (χ3n) is 5.24. The van der Waals surface area contributed by atoms with Crippen molar-refractivity contribution in [2.24, 2.45) is 5.73 Å². The third-order valence-corrected chi connectivity index (χ3v) is 8.92. The second kappa shape index (κ2) is 12.7. The number of aromatic nitrogens is 2. The summed E-state index contributed by atoms with van der Waals surface area (Å²) in [6, 6.07) is 1.00. The fraction of sp³-hybridized carbons (Fsp3) is 0.765. The monoisotopic (exact) mass is 531 g/mol. The molecule has 196 valence electrons. The van der Waals surface area contributed by atoms with Crippen LogP contribution in [0.15, 0.2) is 21.9 Å². The lowest BCUT2D eigenvalue weighted by atomic mass is 10.1. The number of unbranched alkanes of at least 4 members (excludes halogenated alkanes) is 1. The van der Waals surface area contributed by atoms with Gasteiger partial charge in [0.2, 0.25) is 0 Å². The summed E-state index contributed by atoms with van der Waals surface area (Å²) in [5, 5.41) is 29.8. The maximum atomic E-state index is 13.5. The van der Waals surface area contributed by atoms with Gasteiger partial charge < -0.3 is 40.1 Å². The minimum absolute atomic E-state index is 0.0600. The average molecular weight is 531 g/mol. The molecule has 1 fully saturated rings. The molecule has 0 aliphatic carbocycles. The molecule has 0 bridgehead atoms. The largest absolute Gasteiger partial charge is 0.476 e. The molecule has 0 saturated carbocycles. The van der Waals surface area contributed by atoms with Gasteiger partial charge in [0.1, 0.15) is 18.3 Å². The molecule has 1 aliphatic rings. The van der Waals surface area contributed by atoms with Gasteiger partial charge in [-0.3, -0.25) is 18.9 Å². The molecule has 0 spiro atoms. The molecular weight excluding hydrogens is 500 g/mol. The first-order chi connectivity index (χ1) is 15.9. The number of aliphatic hydroxyl groups excluding tert-OH is 3. The van der Waals surface area contributed by atoms with E-state index in [2.05, 4.69) is 4.31 Å². The molecular formula is C17H31N3O12P2. The average Bonchev–Trinajstić information content (AvgIpc) is 3.02. The Balaban J connectivity index is 2.22. The maximum absolute atomic E-state index is 13.5. The molecule has 1 aliphatic heterocycles. The van der Waals surface area contributed by atoms with Crippen LogP contribution in [0.3, 0.4) is 0 Å². The number of nitrogens with zero attached hydrogens (tertiary/aromatic N) is 1. The van der Waals surface area contributed by atoms with E-state index in [1.807, 2.05) is 4.98 Å². The number of hydrogen-bond acceptors (Lipinski definition) is 11. The number of aromatic amines is 1. The topological polar surface area (TPSA) is 244 Å². The number of nitrogens with two attached hydrogens (primary N) is 1. The molecule has 8 N–H and O–H groups in total. The van der Waals surface area contributed by atoms with Gasteiger partial charge >= 0.3 is 21.1 Å². The third kappa shape index (κ3) is 7.90. The first-order valence-electron chi connectivity index (χ1n) is 10.6. The zero-order chi connectivity index (χ0) is 25.5. The molecule has 2 rings (SSSR count). The summed E-state index contributed by atoms with van der Waals surface area (Å²) in [6.45, 7) is -0.644. The number of phosphoric acid groups is 1. The highest BCUT2D eigenvalue weighted by atomic mass is 31.3. The van der Waals surface area contributed by atoms with Crippen molar-refractivity contribution in [1.82, 2.24) is 9.55 Å². The van der Waals surface area contributed by atoms with E-state index in [4.69, 9.17) is 20.1 Å². The van der Waals surface area contributed by atoms with E-state index >= 15 is 0 Å². The Labute approximate surface area is 194 Å². The fourth-order valence-electron chi connectivity index (χ4n) is 3.56. The van der Waals surface area contributed by atoms with Crippen molar-refractivity contribution >= 4 is 15.4 Å². The molecule has 6 atom stereocenters. The van der Waals surface area contributed by atoms with E-state index in [0.29, 0.717) is 19.4 Å². The molecule has 0 radical (unpaired) electrons. The Bertz CT molecular complexity index is 994. The van der Waals surface area contributed by atoms with Crippen LogP contribution in [0, 0.1) is 0 Å². The summed E-state index contributed by atoms with van der Waals surface area (Å²) in [7, 11) is -9.81. The molecule has 0 amide bonds. The summed E-state index contributed by atoms with van der Waals surface area (Å²) in [4.78, 5) is 43.8. The van der Waals surface area contributed by atoms with Gasteiger partial charge in [0.25, 0.3) is 5.56 Å². The van der Waals surface area contributed by atoms with E-state index in [1.54, 1.807) is 0 Å². The molecule has 15 nitrogen and oxygen atoms in total. The second-order valence-corrected chi connectivity index (χ2v) is 11.5. The molecule has 1 aromatic rings. The molecule has 34 heavy (non-hydrogen) atoms. The smallest absolute Gasteiger partial charge is 0.396 e. The Morgan fingerprint density at radius 2 is 1.82 bits per heavy atom. The first-order valence-corrected chi connectivity index (χ1v) is 13.7. The summed E-state index contributed by atoms with van der Waals surface area (Å²) >= 11 is 0. The Morgan fingerprint density at radius 1 is 1.15 bits per heavy atom. The van der Waals surface area contributed by atoms with Gasteiger partial charge in [0.05, 0.1) is 12.3 Å². The lowest BCUT2D eigenvalue weighted by Crippen LogP contribution is -2.37. The van der Waals surface area contributed by atoms with Crippen LogP contribution < -0.4 is 17.0 Å². The number of H-pyrrole nitrogens is 1. The Morgan fingerprint density at radius 3 is 2.41 bits per heavy atom. The van der Waals surface area contributed by atoms with Crippen molar-refractivity contribution in [3.8, 4) is 0 Å². The highest BCUT2D eigenvalue weighted by Gasteiger charge is 2.47. The number of rotatable bonds is 14. The zero-order valence-corrected chi connectivity index (χ0v) is 20.0. The van der Waals surface area contributed by atoms with Crippen LogP contribution in [0.1, 0.15) is 38.3 Å². The van der Waals surface area contributed by atoms with Gasteiger partial charge in [0, 0.05) is 18.9 Å². The molecule has 2 heterocycles. The van der Waals surface area contributed by atoms with Crippen LogP contribution in [-0.2, 0) is 22.7 Å².